The molecule has 340 valence electrons. The molecule has 1 aromatic heterocycles. The van der Waals surface area contributed by atoms with E-state index in [0.717, 1.165) is 42.4 Å². The molecule has 14 heteroatoms. The maximum atomic E-state index is 14.5. The molecule has 0 bridgehead atoms. The van der Waals surface area contributed by atoms with E-state index in [0.29, 0.717) is 36.7 Å². The molecule has 1 fully saturated rings. The zero-order valence-electron chi connectivity index (χ0n) is 37.6. The van der Waals surface area contributed by atoms with Crippen molar-refractivity contribution in [3.63, 3.8) is 0 Å². The topological polar surface area (TPSA) is 173 Å². The first-order valence-electron chi connectivity index (χ1n) is 22.0. The Morgan fingerprint density at radius 2 is 1.60 bits per heavy atom. The zero-order valence-corrected chi connectivity index (χ0v) is 37.6. The van der Waals surface area contributed by atoms with Crippen molar-refractivity contribution in [2.75, 3.05) is 26.4 Å². The van der Waals surface area contributed by atoms with Gasteiger partial charge in [0.05, 0.1) is 18.2 Å². The molecule has 0 amide bonds. The van der Waals surface area contributed by atoms with Gasteiger partial charge in [0.2, 0.25) is 11.5 Å². The molecule has 2 aromatic carbocycles. The average Bonchev–Trinajstić information content (AvgIpc) is 3.68. The standard InChI is InChI=1S/C49H64N4O10/c1-9-26-58-34-22-23-39-37(29-34)41-35(21-15-17-25-55)33(20-14-16-24-54)28-36-38(51-60-31-32-18-12-11-13-19-32)30-40(49(61-39,42(36)41)59-27-10-2)53-44(46(57)63-48(6,7)8)43(50-52-53)45(56)62-47(3,4)5/h9-13,18-19,22-23,28-29,33,35,40-42,54-55H,1-2,14-17,20-21,24-27,30-31H2,3-8H3/t33-,35+,40-,41+,42+,49+/m0/s1. The molecule has 3 aromatic rings. The normalized spacial score (nSPS) is 23.4. The number of rotatable bonds is 20. The number of aliphatic hydroxyl groups excluding tert-OH is 2. The van der Waals surface area contributed by atoms with Crippen LogP contribution in [0.2, 0.25) is 0 Å². The van der Waals surface area contributed by atoms with E-state index in [2.05, 4.69) is 29.5 Å². The van der Waals surface area contributed by atoms with Gasteiger partial charge in [-0.25, -0.2) is 14.3 Å². The lowest BCUT2D eigenvalue weighted by Crippen LogP contribution is -2.63. The van der Waals surface area contributed by atoms with Crippen molar-refractivity contribution in [1.82, 2.24) is 15.0 Å². The molecule has 6 rings (SSSR count). The van der Waals surface area contributed by atoms with Gasteiger partial charge in [0.15, 0.2) is 5.69 Å². The number of nitrogens with zero attached hydrogens (tertiary/aromatic N) is 4. The van der Waals surface area contributed by atoms with Gasteiger partial charge < -0.3 is 38.7 Å². The minimum atomic E-state index is -1.61. The summed E-state index contributed by atoms with van der Waals surface area (Å²) >= 11 is 0. The molecular formula is C49H64N4O10. The third-order valence-corrected chi connectivity index (χ3v) is 11.4. The Bertz CT molecular complexity index is 2130. The van der Waals surface area contributed by atoms with Gasteiger partial charge in [0.1, 0.15) is 42.0 Å². The van der Waals surface area contributed by atoms with Crippen LogP contribution >= 0.6 is 0 Å². The Labute approximate surface area is 370 Å². The number of fused-ring (bicyclic) bond motifs is 2. The highest BCUT2D eigenvalue weighted by atomic mass is 16.7. The summed E-state index contributed by atoms with van der Waals surface area (Å²) in [6, 6.07) is 14.5. The second-order valence-electron chi connectivity index (χ2n) is 18.4. The van der Waals surface area contributed by atoms with Crippen molar-refractivity contribution in [1.29, 1.82) is 0 Å². The van der Waals surface area contributed by atoms with Crippen LogP contribution in [-0.4, -0.2) is 86.3 Å². The van der Waals surface area contributed by atoms with E-state index in [4.69, 9.17) is 33.7 Å². The summed E-state index contributed by atoms with van der Waals surface area (Å²) in [5.41, 5.74) is 0.850. The predicted octanol–water partition coefficient (Wildman–Crippen LogP) is 8.46. The summed E-state index contributed by atoms with van der Waals surface area (Å²) in [5.74, 6) is -3.01. The monoisotopic (exact) mass is 868 g/mol. The van der Waals surface area contributed by atoms with Gasteiger partial charge in [-0.2, -0.15) is 0 Å². The van der Waals surface area contributed by atoms with Gasteiger partial charge in [-0.15, -0.1) is 11.7 Å². The quantitative estimate of drug-likeness (QED) is 0.0481. The van der Waals surface area contributed by atoms with Crippen LogP contribution < -0.4 is 9.47 Å². The van der Waals surface area contributed by atoms with Crippen LogP contribution in [0.1, 0.15) is 131 Å². The highest BCUT2D eigenvalue weighted by molar-refractivity contribution is 6.03. The van der Waals surface area contributed by atoms with E-state index in [-0.39, 0.29) is 62.0 Å². The molecule has 2 heterocycles. The SMILES string of the molecule is C=CCOc1ccc2c(c1)[C@H]1[C@H](CCCCO)[C@@H](CCCCO)C=C3C(=NOCc4ccccc4)C[C@H](n4nnc(C(=O)OC(C)(C)C)c4C(=O)OC(C)(C)C)[C@@](OCC=C)(O2)[C@H]31. The van der Waals surface area contributed by atoms with Crippen LogP contribution in [0.5, 0.6) is 11.5 Å². The first kappa shape index (κ1) is 47.2. The molecule has 6 atom stereocenters. The first-order valence-corrected chi connectivity index (χ1v) is 22.0. The van der Waals surface area contributed by atoms with Crippen LogP contribution in [-0.2, 0) is 25.7 Å². The molecule has 3 aliphatic rings. The predicted molar refractivity (Wildman–Crippen MR) is 237 cm³/mol. The van der Waals surface area contributed by atoms with Crippen molar-refractivity contribution in [2.24, 2.45) is 22.9 Å². The number of ether oxygens (including phenoxy) is 5. The third-order valence-electron chi connectivity index (χ3n) is 11.4. The number of aromatic nitrogens is 3. The van der Waals surface area contributed by atoms with Crippen LogP contribution in [0.15, 0.2) is 90.6 Å². The fourth-order valence-electron chi connectivity index (χ4n) is 9.07. The van der Waals surface area contributed by atoms with Crippen LogP contribution in [0, 0.1) is 17.8 Å². The van der Waals surface area contributed by atoms with E-state index in [9.17, 15) is 19.8 Å². The molecule has 2 aliphatic carbocycles. The number of carbonyl (C=O) groups is 2. The van der Waals surface area contributed by atoms with E-state index in [1.165, 1.54) is 4.68 Å². The van der Waals surface area contributed by atoms with E-state index < -0.39 is 40.9 Å². The second-order valence-corrected chi connectivity index (χ2v) is 18.4. The minimum absolute atomic E-state index is 0.0170. The van der Waals surface area contributed by atoms with Crippen molar-refractivity contribution in [2.45, 2.75) is 122 Å². The molecule has 1 saturated carbocycles. The van der Waals surface area contributed by atoms with Gasteiger partial charge in [0, 0.05) is 31.1 Å². The molecule has 0 saturated heterocycles. The van der Waals surface area contributed by atoms with Gasteiger partial charge >= 0.3 is 11.9 Å². The minimum Gasteiger partial charge on any atom is -0.490 e. The Kier molecular flexibility index (Phi) is 15.3. The largest absolute Gasteiger partial charge is 0.490 e. The molecule has 0 radical (unpaired) electrons. The lowest BCUT2D eigenvalue weighted by atomic mass is 9.55. The third kappa shape index (κ3) is 10.9. The molecule has 2 N–H and O–H groups in total. The lowest BCUT2D eigenvalue weighted by molar-refractivity contribution is -0.252. The fourth-order valence-corrected chi connectivity index (χ4v) is 9.07. The highest BCUT2D eigenvalue weighted by Crippen LogP contribution is 2.63. The van der Waals surface area contributed by atoms with E-state index in [1.807, 2.05) is 48.5 Å². The summed E-state index contributed by atoms with van der Waals surface area (Å²) in [4.78, 5) is 34.6. The number of unbranched alkanes of at least 4 members (excludes halogenated alkanes) is 2. The maximum Gasteiger partial charge on any atom is 0.362 e. The molecule has 0 unspecified atom stereocenters. The highest BCUT2D eigenvalue weighted by Gasteiger charge is 2.65. The number of hydrogen-bond acceptors (Lipinski definition) is 13. The summed E-state index contributed by atoms with van der Waals surface area (Å²) in [6.07, 6.45) is 10.0. The van der Waals surface area contributed by atoms with E-state index >= 15 is 0 Å². The number of carbonyl (C=O) groups excluding carboxylic acids is 2. The number of allylic oxidation sites excluding steroid dienone is 1. The van der Waals surface area contributed by atoms with E-state index in [1.54, 1.807) is 53.7 Å². The molecule has 14 nitrogen and oxygen atoms in total. The average molecular weight is 869 g/mol. The lowest BCUT2D eigenvalue weighted by Gasteiger charge is -2.58. The van der Waals surface area contributed by atoms with Crippen molar-refractivity contribution in [3.05, 3.63) is 108 Å². The van der Waals surface area contributed by atoms with Crippen molar-refractivity contribution < 1.29 is 48.3 Å². The van der Waals surface area contributed by atoms with Crippen LogP contribution in [0.25, 0.3) is 0 Å². The van der Waals surface area contributed by atoms with Crippen LogP contribution in [0.3, 0.4) is 0 Å². The van der Waals surface area contributed by atoms with Crippen molar-refractivity contribution in [3.8, 4) is 11.5 Å². The zero-order chi connectivity index (χ0) is 45.4. The smallest absolute Gasteiger partial charge is 0.362 e. The number of benzene rings is 2. The summed E-state index contributed by atoms with van der Waals surface area (Å²) in [7, 11) is 0. The Morgan fingerprint density at radius 1 is 0.921 bits per heavy atom. The number of esters is 2. The molecular weight excluding hydrogens is 805 g/mol. The summed E-state index contributed by atoms with van der Waals surface area (Å²) < 4.78 is 33.6. The van der Waals surface area contributed by atoms with Gasteiger partial charge in [-0.1, -0.05) is 78.3 Å². The van der Waals surface area contributed by atoms with Crippen molar-refractivity contribution >= 4 is 17.7 Å². The number of hydrogen-bond donors (Lipinski definition) is 2. The van der Waals surface area contributed by atoms with Gasteiger partial charge in [-0.3, -0.25) is 0 Å². The molecule has 63 heavy (non-hydrogen) atoms. The fraction of sp³-hybridized carbons (Fsp3) is 0.531. The van der Waals surface area contributed by atoms with Gasteiger partial charge in [0.25, 0.3) is 0 Å². The second kappa shape index (κ2) is 20.5. The van der Waals surface area contributed by atoms with Crippen LogP contribution in [0.4, 0.5) is 0 Å². The Hall–Kier alpha value is -5.31. The summed E-state index contributed by atoms with van der Waals surface area (Å²) in [6.45, 7) is 18.9. The first-order chi connectivity index (χ1) is 30.1. The molecule has 0 spiro atoms. The number of oxime groups is 1. The molecule has 1 aliphatic heterocycles. The number of aliphatic hydroxyl groups is 2. The Balaban J connectivity index is 1.65. The summed E-state index contributed by atoms with van der Waals surface area (Å²) in [5, 5.41) is 33.7. The maximum absolute atomic E-state index is 14.5. The van der Waals surface area contributed by atoms with Gasteiger partial charge in [-0.05, 0) is 108 Å². The Morgan fingerprint density at radius 3 is 2.27 bits per heavy atom.